The lowest BCUT2D eigenvalue weighted by atomic mass is 10.1. The highest BCUT2D eigenvalue weighted by Gasteiger charge is 2.21. The van der Waals surface area contributed by atoms with E-state index in [2.05, 4.69) is 10.1 Å². The Morgan fingerprint density at radius 1 is 1.25 bits per heavy atom. The van der Waals surface area contributed by atoms with Crippen LogP contribution >= 0.6 is 11.3 Å². The van der Waals surface area contributed by atoms with Crippen LogP contribution in [0.15, 0.2) is 46.3 Å². The van der Waals surface area contributed by atoms with Crippen LogP contribution in [-0.4, -0.2) is 17.3 Å². The molecule has 0 radical (unpaired) electrons. The van der Waals surface area contributed by atoms with Gasteiger partial charge in [0, 0.05) is 7.11 Å². The van der Waals surface area contributed by atoms with Gasteiger partial charge in [0.2, 0.25) is 5.82 Å². The normalized spacial score (nSPS) is 12.4. The molecule has 0 fully saturated rings. The van der Waals surface area contributed by atoms with Crippen molar-refractivity contribution in [3.63, 3.8) is 0 Å². The third kappa shape index (κ3) is 2.31. The molecule has 0 aliphatic heterocycles. The zero-order valence-electron chi connectivity index (χ0n) is 10.8. The van der Waals surface area contributed by atoms with Crippen molar-refractivity contribution in [2.75, 3.05) is 12.8 Å². The molecule has 0 saturated carbocycles. The first kappa shape index (κ1) is 12.8. The minimum atomic E-state index is -0.353. The summed E-state index contributed by atoms with van der Waals surface area (Å²) in [5.74, 6) is 0.899. The number of aromatic nitrogens is 2. The number of ether oxygens (including phenoxy) is 1. The molecule has 1 aromatic carbocycles. The average molecular weight is 287 g/mol. The van der Waals surface area contributed by atoms with Gasteiger partial charge in [0.1, 0.15) is 6.10 Å². The Morgan fingerprint density at radius 3 is 2.70 bits per heavy atom. The minimum Gasteiger partial charge on any atom is -0.390 e. The monoisotopic (exact) mass is 287 g/mol. The third-order valence-corrected chi connectivity index (χ3v) is 3.69. The van der Waals surface area contributed by atoms with Crippen molar-refractivity contribution < 1.29 is 9.26 Å². The number of nitrogens with two attached hydrogens (primary N) is 1. The van der Waals surface area contributed by atoms with E-state index in [9.17, 15) is 0 Å². The van der Waals surface area contributed by atoms with Gasteiger partial charge in [-0.15, -0.1) is 11.3 Å². The summed E-state index contributed by atoms with van der Waals surface area (Å²) in [7, 11) is 1.62. The van der Waals surface area contributed by atoms with Gasteiger partial charge in [-0.25, -0.2) is 0 Å². The lowest BCUT2D eigenvalue weighted by molar-refractivity contribution is 0.126. The fourth-order valence-corrected chi connectivity index (χ4v) is 2.60. The van der Waals surface area contributed by atoms with Crippen LogP contribution in [0.4, 0.5) is 5.00 Å². The fourth-order valence-electron chi connectivity index (χ4n) is 1.97. The summed E-state index contributed by atoms with van der Waals surface area (Å²) < 4.78 is 10.7. The number of methoxy groups -OCH3 is 1. The number of hydrogen-bond acceptors (Lipinski definition) is 6. The molecule has 2 aromatic heterocycles. The van der Waals surface area contributed by atoms with E-state index in [0.717, 1.165) is 11.1 Å². The molecule has 0 spiro atoms. The van der Waals surface area contributed by atoms with Crippen LogP contribution in [0.5, 0.6) is 0 Å². The summed E-state index contributed by atoms with van der Waals surface area (Å²) in [6, 6.07) is 11.6. The number of thiophene rings is 1. The van der Waals surface area contributed by atoms with E-state index in [0.29, 0.717) is 16.7 Å². The van der Waals surface area contributed by atoms with Crippen molar-refractivity contribution in [3.05, 3.63) is 53.2 Å². The molecule has 20 heavy (non-hydrogen) atoms. The molecule has 0 bridgehead atoms. The van der Waals surface area contributed by atoms with Crippen LogP contribution in [0.25, 0.3) is 11.5 Å². The van der Waals surface area contributed by atoms with E-state index in [-0.39, 0.29) is 6.10 Å². The van der Waals surface area contributed by atoms with Gasteiger partial charge in [0.05, 0.1) is 10.6 Å². The number of anilines is 1. The first-order valence-electron chi connectivity index (χ1n) is 6.04. The van der Waals surface area contributed by atoms with E-state index in [1.165, 1.54) is 11.3 Å². The maximum atomic E-state index is 5.86. The molecular weight excluding hydrogens is 274 g/mol. The SMILES string of the molecule is COC(c1ccccc1)c1noc(-c2ccsc2N)n1. The summed E-state index contributed by atoms with van der Waals surface area (Å²) in [6.07, 6.45) is -0.353. The molecule has 0 amide bonds. The van der Waals surface area contributed by atoms with E-state index in [1.807, 2.05) is 41.8 Å². The average Bonchev–Trinajstić information content (AvgIpc) is 3.10. The van der Waals surface area contributed by atoms with Crippen LogP contribution in [-0.2, 0) is 4.74 Å². The first-order valence-corrected chi connectivity index (χ1v) is 6.92. The van der Waals surface area contributed by atoms with Crippen molar-refractivity contribution in [2.24, 2.45) is 0 Å². The van der Waals surface area contributed by atoms with Crippen LogP contribution in [0.2, 0.25) is 0 Å². The number of benzene rings is 1. The number of rotatable bonds is 4. The quantitative estimate of drug-likeness (QED) is 0.798. The Morgan fingerprint density at radius 2 is 2.05 bits per heavy atom. The smallest absolute Gasteiger partial charge is 0.261 e. The third-order valence-electron chi connectivity index (χ3n) is 2.94. The lowest BCUT2D eigenvalue weighted by Gasteiger charge is -2.10. The highest BCUT2D eigenvalue weighted by molar-refractivity contribution is 7.14. The van der Waals surface area contributed by atoms with Crippen LogP contribution in [0, 0.1) is 0 Å². The van der Waals surface area contributed by atoms with Crippen molar-refractivity contribution in [1.82, 2.24) is 10.1 Å². The Balaban J connectivity index is 1.95. The van der Waals surface area contributed by atoms with Crippen molar-refractivity contribution in [2.45, 2.75) is 6.10 Å². The van der Waals surface area contributed by atoms with Gasteiger partial charge in [0.25, 0.3) is 5.89 Å². The maximum absolute atomic E-state index is 5.86. The second kappa shape index (κ2) is 5.44. The molecule has 5 nitrogen and oxygen atoms in total. The molecule has 0 aliphatic carbocycles. The molecule has 2 heterocycles. The van der Waals surface area contributed by atoms with Gasteiger partial charge in [0.15, 0.2) is 0 Å². The van der Waals surface area contributed by atoms with Gasteiger partial charge in [-0.1, -0.05) is 35.5 Å². The summed E-state index contributed by atoms with van der Waals surface area (Å²) in [5.41, 5.74) is 7.59. The molecule has 102 valence electrons. The lowest BCUT2D eigenvalue weighted by Crippen LogP contribution is -2.05. The second-order valence-electron chi connectivity index (χ2n) is 4.18. The Hall–Kier alpha value is -2.18. The van der Waals surface area contributed by atoms with Gasteiger partial charge in [-0.2, -0.15) is 4.98 Å². The van der Waals surface area contributed by atoms with E-state index in [4.69, 9.17) is 15.0 Å². The van der Waals surface area contributed by atoms with Gasteiger partial charge < -0.3 is 15.0 Å². The van der Waals surface area contributed by atoms with E-state index in [1.54, 1.807) is 7.11 Å². The zero-order valence-corrected chi connectivity index (χ0v) is 11.6. The predicted molar refractivity (Wildman–Crippen MR) is 77.3 cm³/mol. The van der Waals surface area contributed by atoms with Crippen molar-refractivity contribution >= 4 is 16.3 Å². The molecule has 3 rings (SSSR count). The summed E-state index contributed by atoms with van der Waals surface area (Å²) >= 11 is 1.44. The van der Waals surface area contributed by atoms with Crippen LogP contribution < -0.4 is 5.73 Å². The maximum Gasteiger partial charge on any atom is 0.261 e. The largest absolute Gasteiger partial charge is 0.390 e. The first-order chi connectivity index (χ1) is 9.79. The summed E-state index contributed by atoms with van der Waals surface area (Å²) in [6.45, 7) is 0. The van der Waals surface area contributed by atoms with Gasteiger partial charge >= 0.3 is 0 Å². The van der Waals surface area contributed by atoms with Crippen molar-refractivity contribution in [1.29, 1.82) is 0 Å². The highest BCUT2D eigenvalue weighted by Crippen LogP contribution is 2.31. The molecule has 0 aliphatic rings. The molecule has 2 N–H and O–H groups in total. The molecule has 1 atom stereocenters. The minimum absolute atomic E-state index is 0.353. The highest BCUT2D eigenvalue weighted by atomic mass is 32.1. The Labute approximate surface area is 120 Å². The topological polar surface area (TPSA) is 74.2 Å². The molecule has 0 saturated heterocycles. The van der Waals surface area contributed by atoms with Gasteiger partial charge in [-0.05, 0) is 17.0 Å². The standard InChI is InChI=1S/C14H13N3O2S/c1-18-11(9-5-3-2-4-6-9)13-16-14(19-17-13)10-7-8-20-12(10)15/h2-8,11H,15H2,1H3. The molecule has 6 heteroatoms. The number of hydrogen-bond donors (Lipinski definition) is 1. The Kier molecular flexibility index (Phi) is 3.49. The van der Waals surface area contributed by atoms with Gasteiger partial charge in [-0.3, -0.25) is 0 Å². The zero-order chi connectivity index (χ0) is 13.9. The molecule has 3 aromatic rings. The van der Waals surface area contributed by atoms with Crippen LogP contribution in [0.1, 0.15) is 17.5 Å². The van der Waals surface area contributed by atoms with E-state index >= 15 is 0 Å². The second-order valence-corrected chi connectivity index (χ2v) is 5.13. The number of nitrogen functional groups attached to an aromatic ring is 1. The summed E-state index contributed by atoms with van der Waals surface area (Å²) in [4.78, 5) is 4.38. The fraction of sp³-hybridized carbons (Fsp3) is 0.143. The summed E-state index contributed by atoms with van der Waals surface area (Å²) in [5, 5.41) is 6.55. The Bertz CT molecular complexity index is 693. The van der Waals surface area contributed by atoms with Crippen LogP contribution in [0.3, 0.4) is 0 Å². The van der Waals surface area contributed by atoms with E-state index < -0.39 is 0 Å². The predicted octanol–water partition coefficient (Wildman–Crippen LogP) is 3.12. The van der Waals surface area contributed by atoms with Crippen molar-refractivity contribution in [3.8, 4) is 11.5 Å². The molecule has 1 unspecified atom stereocenters. The molecular formula is C14H13N3O2S. The number of nitrogens with zero attached hydrogens (tertiary/aromatic N) is 2.